The number of amides is 1. The van der Waals surface area contributed by atoms with Crippen LogP contribution in [0.25, 0.3) is 0 Å². The summed E-state index contributed by atoms with van der Waals surface area (Å²) in [6, 6.07) is 20.0. The van der Waals surface area contributed by atoms with Crippen LogP contribution in [0.15, 0.2) is 72.8 Å². The number of rotatable bonds is 6. The molecule has 0 saturated heterocycles. The van der Waals surface area contributed by atoms with E-state index in [2.05, 4.69) is 5.32 Å². The molecule has 0 aliphatic heterocycles. The molecule has 0 unspecified atom stereocenters. The van der Waals surface area contributed by atoms with E-state index in [0.717, 1.165) is 5.56 Å². The maximum atomic E-state index is 14.3. The van der Waals surface area contributed by atoms with Crippen LogP contribution in [0, 0.1) is 5.82 Å². The summed E-state index contributed by atoms with van der Waals surface area (Å²) in [5.41, 5.74) is 1.81. The molecule has 0 radical (unpaired) electrons. The van der Waals surface area contributed by atoms with E-state index in [0.29, 0.717) is 11.1 Å². The molecule has 0 aromatic heterocycles. The van der Waals surface area contributed by atoms with E-state index in [9.17, 15) is 19.4 Å². The van der Waals surface area contributed by atoms with Gasteiger partial charge in [0, 0.05) is 30.5 Å². The summed E-state index contributed by atoms with van der Waals surface area (Å²) in [7, 11) is 0. The van der Waals surface area contributed by atoms with Crippen molar-refractivity contribution in [3.63, 3.8) is 0 Å². The average molecular weight is 365 g/mol. The highest BCUT2D eigenvalue weighted by molar-refractivity contribution is 5.77. The summed E-state index contributed by atoms with van der Waals surface area (Å²) >= 11 is 0. The number of hydrogen-bond donors (Lipinski definition) is 3. The minimum absolute atomic E-state index is 0.0497. The van der Waals surface area contributed by atoms with Gasteiger partial charge in [-0.25, -0.2) is 4.39 Å². The van der Waals surface area contributed by atoms with Crippen molar-refractivity contribution in [1.82, 2.24) is 5.32 Å². The fourth-order valence-corrected chi connectivity index (χ4v) is 3.00. The van der Waals surface area contributed by atoms with Crippen LogP contribution in [-0.4, -0.2) is 16.1 Å². The minimum Gasteiger partial charge on any atom is -0.508 e. The average Bonchev–Trinajstić information content (AvgIpc) is 2.67. The van der Waals surface area contributed by atoms with Gasteiger partial charge in [-0.1, -0.05) is 48.5 Å². The molecule has 138 valence electrons. The van der Waals surface area contributed by atoms with Crippen molar-refractivity contribution in [2.45, 2.75) is 18.9 Å². The first-order valence-electron chi connectivity index (χ1n) is 8.61. The normalized spacial score (nSPS) is 11.7. The Kier molecular flexibility index (Phi) is 5.71. The largest absolute Gasteiger partial charge is 0.508 e. The fraction of sp³-hybridized carbons (Fsp3) is 0.136. The third kappa shape index (κ3) is 4.64. The van der Waals surface area contributed by atoms with E-state index in [1.807, 2.05) is 30.3 Å². The Labute approximate surface area is 156 Å². The van der Waals surface area contributed by atoms with Crippen LogP contribution in [0.2, 0.25) is 0 Å². The molecule has 1 amide bonds. The lowest BCUT2D eigenvalue weighted by Gasteiger charge is -2.18. The molecule has 0 spiro atoms. The fourth-order valence-electron chi connectivity index (χ4n) is 3.00. The van der Waals surface area contributed by atoms with Gasteiger partial charge >= 0.3 is 0 Å². The number of carbonyl (C=O) groups is 1. The van der Waals surface area contributed by atoms with E-state index in [4.69, 9.17) is 0 Å². The highest BCUT2D eigenvalue weighted by Crippen LogP contribution is 2.30. The van der Waals surface area contributed by atoms with Gasteiger partial charge in [0.25, 0.3) is 0 Å². The van der Waals surface area contributed by atoms with Crippen LogP contribution in [-0.2, 0) is 11.3 Å². The van der Waals surface area contributed by atoms with Crippen LogP contribution < -0.4 is 5.32 Å². The summed E-state index contributed by atoms with van der Waals surface area (Å²) in [5, 5.41) is 21.9. The van der Waals surface area contributed by atoms with Crippen molar-refractivity contribution < 1.29 is 19.4 Å². The smallest absolute Gasteiger partial charge is 0.221 e. The zero-order valence-electron chi connectivity index (χ0n) is 14.6. The summed E-state index contributed by atoms with van der Waals surface area (Å²) < 4.78 is 14.3. The van der Waals surface area contributed by atoms with Crippen molar-refractivity contribution in [2.75, 3.05) is 0 Å². The number of benzene rings is 3. The first-order valence-corrected chi connectivity index (χ1v) is 8.61. The van der Waals surface area contributed by atoms with E-state index in [1.165, 1.54) is 24.3 Å². The molecule has 0 aliphatic rings. The predicted molar refractivity (Wildman–Crippen MR) is 101 cm³/mol. The molecule has 3 aromatic carbocycles. The summed E-state index contributed by atoms with van der Waals surface area (Å²) in [6.07, 6.45) is 0.0732. The number of phenols is 2. The Balaban J connectivity index is 1.76. The van der Waals surface area contributed by atoms with Crippen molar-refractivity contribution >= 4 is 5.91 Å². The van der Waals surface area contributed by atoms with E-state index < -0.39 is 5.92 Å². The van der Waals surface area contributed by atoms with Gasteiger partial charge in [0.15, 0.2) is 0 Å². The maximum absolute atomic E-state index is 14.3. The molecule has 0 bridgehead atoms. The monoisotopic (exact) mass is 365 g/mol. The van der Waals surface area contributed by atoms with Crippen molar-refractivity contribution in [1.29, 1.82) is 0 Å². The number of phenolic OH excluding ortho intramolecular Hbond substituents is 2. The Morgan fingerprint density at radius 2 is 1.67 bits per heavy atom. The SMILES string of the molecule is O=C(C[C@@H](c1ccccc1)c1ccccc1F)NCc1ccc(O)cc1O. The maximum Gasteiger partial charge on any atom is 0.221 e. The number of halogens is 1. The first-order chi connectivity index (χ1) is 13.0. The Morgan fingerprint density at radius 1 is 0.963 bits per heavy atom. The van der Waals surface area contributed by atoms with Crippen LogP contribution in [0.1, 0.15) is 29.0 Å². The molecule has 0 fully saturated rings. The molecular weight excluding hydrogens is 345 g/mol. The topological polar surface area (TPSA) is 69.6 Å². The molecule has 4 nitrogen and oxygen atoms in total. The second-order valence-corrected chi connectivity index (χ2v) is 6.28. The highest BCUT2D eigenvalue weighted by atomic mass is 19.1. The van der Waals surface area contributed by atoms with Gasteiger partial charge < -0.3 is 15.5 Å². The summed E-state index contributed by atoms with van der Waals surface area (Å²) in [4.78, 5) is 12.5. The van der Waals surface area contributed by atoms with Crippen molar-refractivity contribution in [2.24, 2.45) is 0 Å². The van der Waals surface area contributed by atoms with Gasteiger partial charge in [0.1, 0.15) is 17.3 Å². The number of hydrogen-bond acceptors (Lipinski definition) is 3. The van der Waals surface area contributed by atoms with E-state index in [1.54, 1.807) is 18.2 Å². The van der Waals surface area contributed by atoms with Gasteiger partial charge in [-0.3, -0.25) is 4.79 Å². The summed E-state index contributed by atoms with van der Waals surface area (Å²) in [6.45, 7) is 0.115. The number of nitrogens with one attached hydrogen (secondary N) is 1. The van der Waals surface area contributed by atoms with Gasteiger partial charge in [0.05, 0.1) is 0 Å². The molecule has 1 atom stereocenters. The van der Waals surface area contributed by atoms with Crippen LogP contribution in [0.4, 0.5) is 4.39 Å². The molecule has 3 rings (SSSR count). The lowest BCUT2D eigenvalue weighted by Crippen LogP contribution is -2.25. The van der Waals surface area contributed by atoms with E-state index in [-0.39, 0.29) is 36.2 Å². The Bertz CT molecular complexity index is 928. The van der Waals surface area contributed by atoms with Crippen LogP contribution in [0.5, 0.6) is 11.5 Å². The predicted octanol–water partition coefficient (Wildman–Crippen LogP) is 4.08. The zero-order valence-corrected chi connectivity index (χ0v) is 14.6. The molecule has 0 aliphatic carbocycles. The highest BCUT2D eigenvalue weighted by Gasteiger charge is 2.21. The second kappa shape index (κ2) is 8.36. The van der Waals surface area contributed by atoms with Gasteiger partial charge in [0.2, 0.25) is 5.91 Å². The van der Waals surface area contributed by atoms with Crippen LogP contribution >= 0.6 is 0 Å². The number of carbonyl (C=O) groups excluding carboxylic acids is 1. The standard InChI is InChI=1S/C22H20FNO3/c23-20-9-5-4-8-18(20)19(15-6-2-1-3-7-15)13-22(27)24-14-16-10-11-17(25)12-21(16)26/h1-12,19,25-26H,13-14H2,(H,24,27)/t19-/m0/s1. The molecule has 3 N–H and O–H groups in total. The lowest BCUT2D eigenvalue weighted by molar-refractivity contribution is -0.121. The van der Waals surface area contributed by atoms with Gasteiger partial charge in [-0.05, 0) is 29.3 Å². The first kappa shape index (κ1) is 18.5. The lowest BCUT2D eigenvalue weighted by atomic mass is 9.88. The van der Waals surface area contributed by atoms with Crippen LogP contribution in [0.3, 0.4) is 0 Å². The molecule has 3 aromatic rings. The Morgan fingerprint density at radius 3 is 2.37 bits per heavy atom. The molecule has 0 heterocycles. The van der Waals surface area contributed by atoms with Crippen molar-refractivity contribution in [3.8, 4) is 11.5 Å². The van der Waals surface area contributed by atoms with Gasteiger partial charge in [-0.2, -0.15) is 0 Å². The summed E-state index contributed by atoms with van der Waals surface area (Å²) in [5.74, 6) is -1.17. The second-order valence-electron chi connectivity index (χ2n) is 6.28. The molecular formula is C22H20FNO3. The van der Waals surface area contributed by atoms with Gasteiger partial charge in [-0.15, -0.1) is 0 Å². The quantitative estimate of drug-likeness (QED) is 0.617. The molecule has 5 heteroatoms. The third-order valence-corrected chi connectivity index (χ3v) is 4.42. The third-order valence-electron chi connectivity index (χ3n) is 4.42. The molecule has 0 saturated carbocycles. The number of aromatic hydroxyl groups is 2. The minimum atomic E-state index is -0.416. The Hall–Kier alpha value is -3.34. The molecule has 27 heavy (non-hydrogen) atoms. The zero-order chi connectivity index (χ0) is 19.2. The van der Waals surface area contributed by atoms with Crippen molar-refractivity contribution in [3.05, 3.63) is 95.3 Å². The van der Waals surface area contributed by atoms with E-state index >= 15 is 0 Å².